The zero-order valence-corrected chi connectivity index (χ0v) is 17.2. The summed E-state index contributed by atoms with van der Waals surface area (Å²) in [7, 11) is 0. The van der Waals surface area contributed by atoms with E-state index in [0.717, 1.165) is 47.4 Å². The van der Waals surface area contributed by atoms with E-state index in [9.17, 15) is 4.79 Å². The van der Waals surface area contributed by atoms with Crippen LogP contribution >= 0.6 is 0 Å². The Morgan fingerprint density at radius 2 is 2.00 bits per heavy atom. The number of carbonyl (C=O) groups is 1. The van der Waals surface area contributed by atoms with E-state index in [2.05, 4.69) is 40.0 Å². The number of rotatable bonds is 4. The van der Waals surface area contributed by atoms with Gasteiger partial charge in [0, 0.05) is 42.7 Å². The molecular weight excluding hydrogens is 374 g/mol. The third kappa shape index (κ3) is 3.38. The lowest BCUT2D eigenvalue weighted by Crippen LogP contribution is -2.34. The van der Waals surface area contributed by atoms with E-state index in [-0.39, 0.29) is 11.9 Å². The number of fused-ring (bicyclic) bond motifs is 1. The molecule has 4 heterocycles. The van der Waals surface area contributed by atoms with Gasteiger partial charge >= 0.3 is 0 Å². The summed E-state index contributed by atoms with van der Waals surface area (Å²) >= 11 is 0. The summed E-state index contributed by atoms with van der Waals surface area (Å²) in [6, 6.07) is 14.3. The number of pyridine rings is 1. The van der Waals surface area contributed by atoms with Crippen LogP contribution in [-0.2, 0) is 6.54 Å². The van der Waals surface area contributed by atoms with E-state index < -0.39 is 0 Å². The zero-order chi connectivity index (χ0) is 20.7. The minimum atomic E-state index is 0.133. The number of aryl methyl sites for hydroxylation is 1. The number of carbonyl (C=O) groups excluding carboxylic acids is 1. The van der Waals surface area contributed by atoms with Crippen molar-refractivity contribution in [2.45, 2.75) is 32.9 Å². The average Bonchev–Trinajstić information content (AvgIpc) is 3.49. The Morgan fingerprint density at radius 1 is 1.17 bits per heavy atom. The van der Waals surface area contributed by atoms with E-state index in [1.165, 1.54) is 5.56 Å². The second kappa shape index (κ2) is 7.44. The van der Waals surface area contributed by atoms with Crippen molar-refractivity contribution in [2.75, 3.05) is 6.54 Å². The number of aromatic amines is 1. The number of aromatic nitrogens is 4. The van der Waals surface area contributed by atoms with Crippen LogP contribution in [-0.4, -0.2) is 43.1 Å². The van der Waals surface area contributed by atoms with Gasteiger partial charge in [0.15, 0.2) is 0 Å². The van der Waals surface area contributed by atoms with Gasteiger partial charge < -0.3 is 9.47 Å². The van der Waals surface area contributed by atoms with E-state index in [1.807, 2.05) is 48.4 Å². The van der Waals surface area contributed by atoms with Crippen molar-refractivity contribution in [3.8, 4) is 11.3 Å². The first-order valence-corrected chi connectivity index (χ1v) is 10.4. The molecule has 3 aromatic heterocycles. The van der Waals surface area contributed by atoms with Gasteiger partial charge in [-0.1, -0.05) is 17.7 Å². The van der Waals surface area contributed by atoms with Crippen LogP contribution in [0.15, 0.2) is 61.1 Å². The van der Waals surface area contributed by atoms with Gasteiger partial charge in [-0.25, -0.2) is 4.98 Å². The number of likely N-dealkylation sites (tertiary alicyclic amines) is 1. The highest BCUT2D eigenvalue weighted by atomic mass is 16.2. The van der Waals surface area contributed by atoms with Crippen molar-refractivity contribution in [1.82, 2.24) is 24.6 Å². The second-order valence-corrected chi connectivity index (χ2v) is 8.33. The van der Waals surface area contributed by atoms with Crippen LogP contribution < -0.4 is 0 Å². The minimum absolute atomic E-state index is 0.133. The maximum atomic E-state index is 13.0. The number of hydrogen-bond acceptors (Lipinski definition) is 3. The lowest BCUT2D eigenvalue weighted by atomic mass is 10.1. The molecule has 1 aliphatic heterocycles. The zero-order valence-electron chi connectivity index (χ0n) is 17.2. The van der Waals surface area contributed by atoms with Gasteiger partial charge in [0.2, 0.25) is 0 Å². The fourth-order valence-corrected chi connectivity index (χ4v) is 4.48. The molecule has 4 aromatic rings. The van der Waals surface area contributed by atoms with Crippen LogP contribution in [0.1, 0.15) is 29.3 Å². The summed E-state index contributed by atoms with van der Waals surface area (Å²) in [5.74, 6) is 0.562. The molecule has 0 saturated carbocycles. The smallest absolute Gasteiger partial charge is 0.254 e. The van der Waals surface area contributed by atoms with Gasteiger partial charge in [-0.3, -0.25) is 9.89 Å². The highest BCUT2D eigenvalue weighted by Crippen LogP contribution is 2.28. The first kappa shape index (κ1) is 18.6. The lowest BCUT2D eigenvalue weighted by Gasteiger charge is -2.21. The fourth-order valence-electron chi connectivity index (χ4n) is 4.48. The van der Waals surface area contributed by atoms with Crippen LogP contribution in [0, 0.1) is 12.8 Å². The van der Waals surface area contributed by atoms with Crippen molar-refractivity contribution >= 4 is 16.9 Å². The van der Waals surface area contributed by atoms with Crippen molar-refractivity contribution in [3.05, 3.63) is 72.2 Å². The standard InChI is InChI=1S/C24H25N5O/c1-16-3-5-19(6-4-16)24(30)29-15-18(11-17(29)2)14-28-10-9-22-23(28)8-7-21(27-22)20-12-25-26-13-20/h3-10,12-13,17-18H,11,14-15H2,1-2H3,(H,25,26)/t17-,18?/m1/s1. The summed E-state index contributed by atoms with van der Waals surface area (Å²) in [5, 5.41) is 6.84. The van der Waals surface area contributed by atoms with Gasteiger partial charge in [-0.15, -0.1) is 0 Å². The SMILES string of the molecule is Cc1ccc(C(=O)N2CC(Cn3ccc4nc(-c5cn[nH]c5)ccc43)C[C@H]2C)cc1. The largest absolute Gasteiger partial charge is 0.346 e. The predicted octanol–water partition coefficient (Wildman–Crippen LogP) is 4.29. The Balaban J connectivity index is 1.32. The number of H-pyrrole nitrogens is 1. The quantitative estimate of drug-likeness (QED) is 0.557. The number of hydrogen-bond donors (Lipinski definition) is 1. The van der Waals surface area contributed by atoms with Gasteiger partial charge in [-0.05, 0) is 56.5 Å². The van der Waals surface area contributed by atoms with E-state index in [0.29, 0.717) is 5.92 Å². The lowest BCUT2D eigenvalue weighted by molar-refractivity contribution is 0.0742. The molecule has 1 amide bonds. The number of amides is 1. The predicted molar refractivity (Wildman–Crippen MR) is 117 cm³/mol. The molecule has 1 N–H and O–H groups in total. The van der Waals surface area contributed by atoms with Gasteiger partial charge in [-0.2, -0.15) is 5.10 Å². The fraction of sp³-hybridized carbons (Fsp3) is 0.292. The van der Waals surface area contributed by atoms with Gasteiger partial charge in [0.25, 0.3) is 5.91 Å². The molecule has 1 aliphatic rings. The molecule has 5 rings (SSSR count). The van der Waals surface area contributed by atoms with Gasteiger partial charge in [0.05, 0.1) is 22.9 Å². The summed E-state index contributed by atoms with van der Waals surface area (Å²) in [6.07, 6.45) is 6.75. The Labute approximate surface area is 175 Å². The summed E-state index contributed by atoms with van der Waals surface area (Å²) in [6.45, 7) is 5.86. The van der Waals surface area contributed by atoms with E-state index in [1.54, 1.807) is 6.20 Å². The first-order valence-electron chi connectivity index (χ1n) is 10.4. The van der Waals surface area contributed by atoms with E-state index in [4.69, 9.17) is 4.98 Å². The normalized spacial score (nSPS) is 18.9. The molecule has 1 saturated heterocycles. The van der Waals surface area contributed by atoms with Crippen LogP contribution in [0.5, 0.6) is 0 Å². The van der Waals surface area contributed by atoms with Gasteiger partial charge in [0.1, 0.15) is 0 Å². The van der Waals surface area contributed by atoms with E-state index >= 15 is 0 Å². The minimum Gasteiger partial charge on any atom is -0.346 e. The Morgan fingerprint density at radius 3 is 2.77 bits per heavy atom. The Kier molecular flexibility index (Phi) is 4.62. The topological polar surface area (TPSA) is 66.8 Å². The van der Waals surface area contributed by atoms with Crippen LogP contribution in [0.25, 0.3) is 22.3 Å². The molecule has 0 spiro atoms. The monoisotopic (exact) mass is 399 g/mol. The average molecular weight is 399 g/mol. The number of benzene rings is 1. The highest BCUT2D eigenvalue weighted by molar-refractivity contribution is 5.94. The second-order valence-electron chi connectivity index (χ2n) is 8.33. The van der Waals surface area contributed by atoms with Crippen LogP contribution in [0.2, 0.25) is 0 Å². The summed E-state index contributed by atoms with van der Waals surface area (Å²) in [5.41, 5.74) is 5.95. The maximum Gasteiger partial charge on any atom is 0.254 e. The highest BCUT2D eigenvalue weighted by Gasteiger charge is 2.33. The Hall–Kier alpha value is -3.41. The molecule has 1 fully saturated rings. The molecule has 0 bridgehead atoms. The van der Waals surface area contributed by atoms with Crippen molar-refractivity contribution in [1.29, 1.82) is 0 Å². The third-order valence-corrected chi connectivity index (χ3v) is 6.09. The first-order chi connectivity index (χ1) is 14.6. The Bertz CT molecular complexity index is 1180. The number of nitrogens with zero attached hydrogens (tertiary/aromatic N) is 4. The molecule has 6 nitrogen and oxygen atoms in total. The molecule has 152 valence electrons. The number of nitrogens with one attached hydrogen (secondary N) is 1. The van der Waals surface area contributed by atoms with Crippen molar-refractivity contribution in [2.24, 2.45) is 5.92 Å². The molecule has 2 atom stereocenters. The molecule has 1 unspecified atom stereocenters. The summed E-state index contributed by atoms with van der Waals surface area (Å²) in [4.78, 5) is 19.8. The third-order valence-electron chi connectivity index (χ3n) is 6.09. The summed E-state index contributed by atoms with van der Waals surface area (Å²) < 4.78 is 2.26. The van der Waals surface area contributed by atoms with Crippen LogP contribution in [0.3, 0.4) is 0 Å². The van der Waals surface area contributed by atoms with Crippen LogP contribution in [0.4, 0.5) is 0 Å². The molecular formula is C24H25N5O. The molecule has 0 aliphatic carbocycles. The molecule has 30 heavy (non-hydrogen) atoms. The molecule has 0 radical (unpaired) electrons. The maximum absolute atomic E-state index is 13.0. The van der Waals surface area contributed by atoms with Crippen molar-refractivity contribution in [3.63, 3.8) is 0 Å². The molecule has 1 aromatic carbocycles. The molecule has 6 heteroatoms. The van der Waals surface area contributed by atoms with Crippen molar-refractivity contribution < 1.29 is 4.79 Å².